The van der Waals surface area contributed by atoms with Crippen molar-refractivity contribution in [3.05, 3.63) is 72.4 Å². The van der Waals surface area contributed by atoms with Crippen LogP contribution in [0.1, 0.15) is 57.4 Å². The number of hydrogen-bond acceptors (Lipinski definition) is 6. The number of nitrogens with two attached hydrogens (primary N) is 1. The second-order valence-electron chi connectivity index (χ2n) is 12.3. The van der Waals surface area contributed by atoms with Crippen molar-refractivity contribution < 1.29 is 19.4 Å². The molecule has 1 aromatic heterocycles. The molecule has 3 aromatic rings. The lowest BCUT2D eigenvalue weighted by atomic mass is 9.63. The Bertz CT molecular complexity index is 1410. The third-order valence-electron chi connectivity index (χ3n) is 8.94. The average Bonchev–Trinajstić information content (AvgIpc) is 3.38. The van der Waals surface area contributed by atoms with Crippen molar-refractivity contribution in [1.82, 2.24) is 9.88 Å². The number of benzene rings is 2. The first-order valence-electron chi connectivity index (χ1n) is 14.6. The van der Waals surface area contributed by atoms with Crippen molar-refractivity contribution in [3.63, 3.8) is 0 Å². The number of rotatable bonds is 7. The highest BCUT2D eigenvalue weighted by molar-refractivity contribution is 5.92. The maximum absolute atomic E-state index is 13.0. The molecule has 214 valence electrons. The number of aromatic nitrogens is 1. The van der Waals surface area contributed by atoms with Crippen LogP contribution in [0.15, 0.2) is 66.9 Å². The zero-order valence-corrected chi connectivity index (χ0v) is 23.5. The quantitative estimate of drug-likeness (QED) is 0.357. The Morgan fingerprint density at radius 2 is 1.73 bits per heavy atom. The van der Waals surface area contributed by atoms with Crippen molar-refractivity contribution in [2.24, 2.45) is 11.7 Å². The summed E-state index contributed by atoms with van der Waals surface area (Å²) in [5, 5.41) is 13.2. The minimum absolute atomic E-state index is 0.0396. The van der Waals surface area contributed by atoms with Crippen molar-refractivity contribution >= 4 is 17.8 Å². The molecule has 8 heteroatoms. The number of anilines is 1. The van der Waals surface area contributed by atoms with E-state index < -0.39 is 11.1 Å². The van der Waals surface area contributed by atoms with Crippen LogP contribution in [0, 0.1) is 5.92 Å². The maximum atomic E-state index is 13.0. The molecule has 2 amide bonds. The largest absolute Gasteiger partial charge is 0.448 e. The van der Waals surface area contributed by atoms with Crippen LogP contribution in [0.25, 0.3) is 22.3 Å². The van der Waals surface area contributed by atoms with Gasteiger partial charge in [-0.3, -0.25) is 4.79 Å². The molecule has 2 aliphatic carbocycles. The van der Waals surface area contributed by atoms with E-state index in [2.05, 4.69) is 34.6 Å². The number of carbonyl (C=O) groups is 2. The Morgan fingerprint density at radius 1 is 1.05 bits per heavy atom. The Labute approximate surface area is 240 Å². The fourth-order valence-corrected chi connectivity index (χ4v) is 6.96. The molecule has 2 saturated carbocycles. The summed E-state index contributed by atoms with van der Waals surface area (Å²) in [7, 11) is 0. The molecule has 2 aromatic carbocycles. The molecule has 41 heavy (non-hydrogen) atoms. The maximum Gasteiger partial charge on any atom is 0.410 e. The highest BCUT2D eigenvalue weighted by atomic mass is 16.6. The lowest BCUT2D eigenvalue weighted by molar-refractivity contribution is -0.117. The van der Waals surface area contributed by atoms with Crippen LogP contribution in [-0.4, -0.2) is 51.8 Å². The molecule has 0 unspecified atom stereocenters. The molecular weight excluding hydrogens is 516 g/mol. The van der Waals surface area contributed by atoms with E-state index in [4.69, 9.17) is 10.5 Å². The molecule has 6 rings (SSSR count). The number of ether oxygens (including phenoxy) is 1. The van der Waals surface area contributed by atoms with Gasteiger partial charge in [0.05, 0.1) is 12.1 Å². The molecule has 1 aliphatic heterocycles. The lowest BCUT2D eigenvalue weighted by Gasteiger charge is -2.49. The Kier molecular flexibility index (Phi) is 7.30. The van der Waals surface area contributed by atoms with Gasteiger partial charge in [-0.1, -0.05) is 54.6 Å². The topological polar surface area (TPSA) is 118 Å². The number of nitrogens with zero attached hydrogens (tertiary/aromatic N) is 2. The van der Waals surface area contributed by atoms with Gasteiger partial charge in [-0.15, -0.1) is 0 Å². The van der Waals surface area contributed by atoms with Crippen LogP contribution < -0.4 is 11.1 Å². The normalized spacial score (nSPS) is 27.7. The number of cyclic esters (lactones) is 1. The van der Waals surface area contributed by atoms with E-state index in [1.807, 2.05) is 54.4 Å². The summed E-state index contributed by atoms with van der Waals surface area (Å²) in [6.07, 6.45) is 6.78. The molecule has 2 heterocycles. The van der Waals surface area contributed by atoms with E-state index >= 15 is 0 Å². The van der Waals surface area contributed by atoms with Crippen molar-refractivity contribution in [2.75, 3.05) is 18.5 Å². The number of hydrogen-bond donors (Lipinski definition) is 3. The molecule has 8 nitrogen and oxygen atoms in total. The molecule has 0 spiro atoms. The van der Waals surface area contributed by atoms with Crippen molar-refractivity contribution in [2.45, 2.75) is 69.1 Å². The van der Waals surface area contributed by atoms with Gasteiger partial charge in [0.25, 0.3) is 0 Å². The Hall–Kier alpha value is -3.75. The molecule has 4 N–H and O–H groups in total. The zero-order chi connectivity index (χ0) is 28.6. The summed E-state index contributed by atoms with van der Waals surface area (Å²) in [6, 6.07) is 20.4. The molecule has 0 atom stereocenters. The minimum Gasteiger partial charge on any atom is -0.448 e. The van der Waals surface area contributed by atoms with Gasteiger partial charge in [-0.25, -0.2) is 9.78 Å². The van der Waals surface area contributed by atoms with Gasteiger partial charge in [0.1, 0.15) is 12.4 Å². The monoisotopic (exact) mass is 554 g/mol. The van der Waals surface area contributed by atoms with Gasteiger partial charge < -0.3 is 25.8 Å². The van der Waals surface area contributed by atoms with Crippen LogP contribution in [0.2, 0.25) is 0 Å². The fourth-order valence-electron chi connectivity index (χ4n) is 6.96. The summed E-state index contributed by atoms with van der Waals surface area (Å²) < 4.78 is 5.09. The number of amides is 2. The zero-order valence-electron chi connectivity index (χ0n) is 23.5. The van der Waals surface area contributed by atoms with Crippen molar-refractivity contribution in [1.29, 1.82) is 0 Å². The van der Waals surface area contributed by atoms with E-state index in [0.29, 0.717) is 44.1 Å². The first-order valence-corrected chi connectivity index (χ1v) is 14.6. The Morgan fingerprint density at radius 3 is 2.37 bits per heavy atom. The second kappa shape index (κ2) is 10.9. The standard InChI is InChI=1S/C33H38N4O4/c1-32(40)20-33(34,21-32)25-11-9-24(10-12-25)28-19-35-29(18-27(28)23-5-3-2-4-6-23)36-30(38)17-22-7-13-26(14-8-22)37-15-16-41-31(37)39/h2-6,9-12,18-19,22,26,40H,7-8,13-17,20-21,34H2,1H3,(H,35,36,38)/t22?,26?,32-,33-. The SMILES string of the molecule is C[C@]1(O)C[C@@](N)(c2ccc(-c3cnc(NC(=O)CC4CCC(N5CCOC5=O)CC4)cc3-c3ccccc3)cc2)C1. The summed E-state index contributed by atoms with van der Waals surface area (Å²) in [5.74, 6) is 0.782. The number of pyridine rings is 1. The minimum atomic E-state index is -0.707. The summed E-state index contributed by atoms with van der Waals surface area (Å²) in [5.41, 5.74) is 10.3. The van der Waals surface area contributed by atoms with E-state index in [0.717, 1.165) is 53.5 Å². The van der Waals surface area contributed by atoms with Crippen LogP contribution in [0.3, 0.4) is 0 Å². The number of carbonyl (C=O) groups excluding carboxylic acids is 2. The second-order valence-corrected chi connectivity index (χ2v) is 12.3. The third kappa shape index (κ3) is 5.85. The van der Waals surface area contributed by atoms with E-state index in [-0.39, 0.29) is 18.0 Å². The highest BCUT2D eigenvalue weighted by Crippen LogP contribution is 2.46. The van der Waals surface area contributed by atoms with Crippen molar-refractivity contribution in [3.8, 4) is 22.3 Å². The molecular formula is C33H38N4O4. The predicted octanol–water partition coefficient (Wildman–Crippen LogP) is 5.45. The van der Waals surface area contributed by atoms with Gasteiger partial charge >= 0.3 is 6.09 Å². The fraction of sp³-hybridized carbons (Fsp3) is 0.424. The summed E-state index contributed by atoms with van der Waals surface area (Å²) in [6.45, 7) is 2.96. The highest BCUT2D eigenvalue weighted by Gasteiger charge is 2.49. The van der Waals surface area contributed by atoms with E-state index in [1.54, 1.807) is 0 Å². The van der Waals surface area contributed by atoms with Crippen LogP contribution >= 0.6 is 0 Å². The van der Waals surface area contributed by atoms with Gasteiger partial charge in [0.15, 0.2) is 0 Å². The first-order chi connectivity index (χ1) is 19.7. The lowest BCUT2D eigenvalue weighted by Crippen LogP contribution is -2.58. The van der Waals surface area contributed by atoms with Gasteiger partial charge in [0, 0.05) is 29.8 Å². The molecule has 0 radical (unpaired) electrons. The van der Waals surface area contributed by atoms with Gasteiger partial charge in [-0.05, 0) is 79.7 Å². The van der Waals surface area contributed by atoms with Gasteiger partial charge in [-0.2, -0.15) is 0 Å². The molecule has 1 saturated heterocycles. The average molecular weight is 555 g/mol. The van der Waals surface area contributed by atoms with Crippen LogP contribution in [0.4, 0.5) is 10.6 Å². The molecule has 0 bridgehead atoms. The summed E-state index contributed by atoms with van der Waals surface area (Å²) in [4.78, 5) is 31.4. The Balaban J connectivity index is 1.15. The third-order valence-corrected chi connectivity index (χ3v) is 8.94. The van der Waals surface area contributed by atoms with Crippen LogP contribution in [-0.2, 0) is 15.1 Å². The van der Waals surface area contributed by atoms with Gasteiger partial charge in [0.2, 0.25) is 5.91 Å². The van der Waals surface area contributed by atoms with E-state index in [1.165, 1.54) is 0 Å². The first kappa shape index (κ1) is 27.4. The molecule has 3 fully saturated rings. The predicted molar refractivity (Wildman–Crippen MR) is 158 cm³/mol. The van der Waals surface area contributed by atoms with E-state index in [9.17, 15) is 14.7 Å². The number of aliphatic hydroxyl groups is 1. The number of nitrogens with one attached hydrogen (secondary N) is 1. The smallest absolute Gasteiger partial charge is 0.410 e. The molecule has 3 aliphatic rings. The van der Waals surface area contributed by atoms with Crippen LogP contribution in [0.5, 0.6) is 0 Å². The summed E-state index contributed by atoms with van der Waals surface area (Å²) >= 11 is 0.